The Morgan fingerprint density at radius 2 is 1.04 bits per heavy atom. The van der Waals surface area contributed by atoms with Crippen molar-refractivity contribution in [3.05, 3.63) is 241 Å². The lowest BCUT2D eigenvalue weighted by molar-refractivity contribution is -0.0418. The van der Waals surface area contributed by atoms with Gasteiger partial charge in [0.2, 0.25) is 0 Å². The van der Waals surface area contributed by atoms with Crippen LogP contribution in [0.2, 0.25) is 0 Å². The van der Waals surface area contributed by atoms with Crippen LogP contribution in [0.1, 0.15) is 68.2 Å². The number of benzene rings is 8. The summed E-state index contributed by atoms with van der Waals surface area (Å²) >= 11 is 0. The molecule has 3 heterocycles. The summed E-state index contributed by atoms with van der Waals surface area (Å²) in [6.07, 6.45) is 8.92. The fraction of sp³-hybridized carbons (Fsp3) is 0.209. The number of hydrogen-bond donors (Lipinski definition) is 0. The van der Waals surface area contributed by atoms with Crippen molar-refractivity contribution in [1.82, 2.24) is 9.55 Å². The molecule has 15 rings (SSSR count). The number of rotatable bonds is 9. The molecule has 4 fully saturated rings. The van der Waals surface area contributed by atoms with Crippen LogP contribution in [0, 0.1) is 23.7 Å². The van der Waals surface area contributed by atoms with E-state index in [9.17, 15) is 0 Å². The molecule has 4 nitrogen and oxygen atoms in total. The summed E-state index contributed by atoms with van der Waals surface area (Å²) in [5.41, 5.74) is 17.2. The zero-order chi connectivity index (χ0) is 47.3. The number of hydrogen-bond acceptors (Lipinski definition) is 3. The molecule has 4 bridgehead atoms. The van der Waals surface area contributed by atoms with Crippen molar-refractivity contribution < 1.29 is 0 Å². The third-order valence-electron chi connectivity index (χ3n) is 17.6. The molecule has 10 aromatic rings. The molecule has 71 heavy (non-hydrogen) atoms. The fourth-order valence-corrected chi connectivity index (χ4v) is 14.5. The average molecular weight is 919 g/mol. The van der Waals surface area contributed by atoms with Gasteiger partial charge in [0, 0.05) is 44.6 Å². The van der Waals surface area contributed by atoms with Gasteiger partial charge in [-0.2, -0.15) is 0 Å². The quantitative estimate of drug-likeness (QED) is 0.144. The molecule has 8 aromatic carbocycles. The largest absolute Gasteiger partial charge is 0.321 e. The van der Waals surface area contributed by atoms with Crippen molar-refractivity contribution in [1.29, 1.82) is 0 Å². The van der Waals surface area contributed by atoms with Crippen LogP contribution in [0.25, 0.3) is 49.9 Å². The van der Waals surface area contributed by atoms with Crippen LogP contribution < -0.4 is 9.80 Å². The van der Waals surface area contributed by atoms with E-state index >= 15 is 0 Å². The molecule has 2 aromatic heterocycles. The molecule has 0 radical (unpaired) electrons. The maximum atomic E-state index is 5.27. The standard InChI is InChI=1S/C67H58N4/c1-66(2,50-24-16-25-55(41-50)69-44-70(62-31-15-14-30-61(62)69)65-56(47-18-6-3-7-19-47)27-17-28-57(65)48-20-8-4-9-21-48)51-32-33-59-58-26-12-13-29-60(58)71(63(59)42-51)64-43-52(34-35-68-64)67(49-22-10-5-11-23-49)53-37-45-36-46(39-53)40-54(67)38-45/h3-35,41-43,45-46,53-54H,36-40,44H2,1-2H3. The minimum absolute atomic E-state index is 0.00560. The summed E-state index contributed by atoms with van der Waals surface area (Å²) in [4.78, 5) is 10.3. The zero-order valence-electron chi connectivity index (χ0n) is 40.6. The third-order valence-corrected chi connectivity index (χ3v) is 17.6. The lowest BCUT2D eigenvalue weighted by atomic mass is 9.42. The van der Waals surface area contributed by atoms with E-state index in [0.717, 1.165) is 17.7 Å². The van der Waals surface area contributed by atoms with E-state index in [0.29, 0.717) is 18.5 Å². The summed E-state index contributed by atoms with van der Waals surface area (Å²) in [5, 5.41) is 2.52. The van der Waals surface area contributed by atoms with Gasteiger partial charge in [0.15, 0.2) is 0 Å². The highest BCUT2D eigenvalue weighted by Gasteiger charge is 2.58. The van der Waals surface area contributed by atoms with E-state index in [-0.39, 0.29) is 10.8 Å². The Labute approximate surface area is 417 Å². The van der Waals surface area contributed by atoms with E-state index in [1.54, 1.807) is 0 Å². The van der Waals surface area contributed by atoms with Crippen LogP contribution in [0.4, 0.5) is 22.7 Å². The molecular weight excluding hydrogens is 861 g/mol. The van der Waals surface area contributed by atoms with Gasteiger partial charge in [-0.05, 0) is 138 Å². The normalized spacial score (nSPS) is 21.3. The molecule has 0 atom stereocenters. The molecular formula is C67H58N4. The number of para-hydroxylation sites is 4. The molecule has 0 unspecified atom stereocenters. The van der Waals surface area contributed by atoms with E-state index in [2.05, 4.69) is 247 Å². The predicted octanol–water partition coefficient (Wildman–Crippen LogP) is 16.8. The molecule has 4 aliphatic carbocycles. The summed E-state index contributed by atoms with van der Waals surface area (Å²) in [6, 6.07) is 79.2. The second-order valence-corrected chi connectivity index (χ2v) is 21.6. The second kappa shape index (κ2) is 16.5. The summed E-state index contributed by atoms with van der Waals surface area (Å²) in [6.45, 7) is 5.46. The minimum atomic E-state index is -0.322. The molecule has 0 spiro atoms. The Hall–Kier alpha value is -7.69. The maximum Gasteiger partial charge on any atom is 0.137 e. The SMILES string of the molecule is CC(C)(c1cccc(N2CN(c3c(-c4ccccc4)cccc3-c3ccccc3)c3ccccc32)c1)c1ccc2c3ccccc3n(-c3cc(C4(c5ccccc5)C5CC6CC(C5)CC4C6)ccn3)c2c1. The van der Waals surface area contributed by atoms with E-state index in [1.165, 1.54) is 121 Å². The van der Waals surface area contributed by atoms with Crippen molar-refractivity contribution in [2.75, 3.05) is 16.5 Å². The smallest absolute Gasteiger partial charge is 0.137 e. The molecule has 4 saturated carbocycles. The number of anilines is 4. The predicted molar refractivity (Wildman–Crippen MR) is 294 cm³/mol. The highest BCUT2D eigenvalue weighted by atomic mass is 15.4. The lowest BCUT2D eigenvalue weighted by Gasteiger charge is -2.62. The van der Waals surface area contributed by atoms with Gasteiger partial charge in [0.1, 0.15) is 12.5 Å². The Kier molecular flexibility index (Phi) is 9.78. The molecule has 0 saturated heterocycles. The van der Waals surface area contributed by atoms with Crippen LogP contribution in [-0.4, -0.2) is 16.2 Å². The first-order chi connectivity index (χ1) is 34.9. The second-order valence-electron chi connectivity index (χ2n) is 21.6. The molecule has 0 N–H and O–H groups in total. The summed E-state index contributed by atoms with van der Waals surface area (Å²) < 4.78 is 2.46. The lowest BCUT2D eigenvalue weighted by Crippen LogP contribution is -2.56. The van der Waals surface area contributed by atoms with Crippen LogP contribution in [0.5, 0.6) is 0 Å². The number of pyridine rings is 1. The maximum absolute atomic E-state index is 5.27. The zero-order valence-corrected chi connectivity index (χ0v) is 40.6. The summed E-state index contributed by atoms with van der Waals surface area (Å²) in [7, 11) is 0. The van der Waals surface area contributed by atoms with Crippen LogP contribution >= 0.6 is 0 Å². The topological polar surface area (TPSA) is 24.3 Å². The minimum Gasteiger partial charge on any atom is -0.321 e. The Morgan fingerprint density at radius 3 is 1.73 bits per heavy atom. The van der Waals surface area contributed by atoms with Gasteiger partial charge < -0.3 is 9.80 Å². The first-order valence-corrected chi connectivity index (χ1v) is 26.0. The molecule has 5 aliphatic rings. The number of fused-ring (bicyclic) bond motifs is 4. The molecule has 1 aliphatic heterocycles. The van der Waals surface area contributed by atoms with Crippen LogP contribution in [0.3, 0.4) is 0 Å². The van der Waals surface area contributed by atoms with Crippen molar-refractivity contribution in [2.45, 2.75) is 56.8 Å². The van der Waals surface area contributed by atoms with E-state index in [1.807, 2.05) is 0 Å². The number of aromatic nitrogens is 2. The monoisotopic (exact) mass is 918 g/mol. The van der Waals surface area contributed by atoms with Gasteiger partial charge in [-0.25, -0.2) is 4.98 Å². The van der Waals surface area contributed by atoms with Crippen LogP contribution in [0.15, 0.2) is 219 Å². The highest BCUT2D eigenvalue weighted by Crippen LogP contribution is 2.65. The van der Waals surface area contributed by atoms with Gasteiger partial charge >= 0.3 is 0 Å². The first-order valence-electron chi connectivity index (χ1n) is 26.0. The van der Waals surface area contributed by atoms with E-state index < -0.39 is 0 Å². The van der Waals surface area contributed by atoms with E-state index in [4.69, 9.17) is 4.98 Å². The van der Waals surface area contributed by atoms with Crippen molar-refractivity contribution >= 4 is 44.6 Å². The third kappa shape index (κ3) is 6.60. The Bertz CT molecular complexity index is 3540. The van der Waals surface area contributed by atoms with Crippen molar-refractivity contribution in [2.24, 2.45) is 23.7 Å². The molecule has 0 amide bonds. The van der Waals surface area contributed by atoms with Gasteiger partial charge in [-0.1, -0.05) is 178 Å². The molecule has 4 heteroatoms. The van der Waals surface area contributed by atoms with Crippen LogP contribution in [-0.2, 0) is 10.8 Å². The number of nitrogens with zero attached hydrogens (tertiary/aromatic N) is 4. The molecule has 346 valence electrons. The highest BCUT2D eigenvalue weighted by molar-refractivity contribution is 6.09. The van der Waals surface area contributed by atoms with Gasteiger partial charge in [-0.3, -0.25) is 4.57 Å². The Balaban J connectivity index is 0.860. The first kappa shape index (κ1) is 42.2. The average Bonchev–Trinajstić information content (AvgIpc) is 3.98. The van der Waals surface area contributed by atoms with Crippen molar-refractivity contribution in [3.8, 4) is 28.1 Å². The fourth-order valence-electron chi connectivity index (χ4n) is 14.5. The Morgan fingerprint density at radius 1 is 0.465 bits per heavy atom. The van der Waals surface area contributed by atoms with Gasteiger partial charge in [0.05, 0.1) is 28.1 Å². The van der Waals surface area contributed by atoms with Gasteiger partial charge in [0.25, 0.3) is 0 Å². The van der Waals surface area contributed by atoms with Gasteiger partial charge in [-0.15, -0.1) is 0 Å². The summed E-state index contributed by atoms with van der Waals surface area (Å²) in [5.74, 6) is 4.09. The van der Waals surface area contributed by atoms with Crippen molar-refractivity contribution in [3.63, 3.8) is 0 Å².